The second-order valence-electron chi connectivity index (χ2n) is 6.70. The molecule has 2 atom stereocenters. The first-order valence-electron chi connectivity index (χ1n) is 8.44. The lowest BCUT2D eigenvalue weighted by atomic mass is 9.94. The van der Waals surface area contributed by atoms with E-state index < -0.39 is 0 Å². The molecule has 0 bridgehead atoms. The van der Waals surface area contributed by atoms with Gasteiger partial charge in [0.1, 0.15) is 0 Å². The molecule has 0 aromatic rings. The van der Waals surface area contributed by atoms with Crippen LogP contribution in [0.2, 0.25) is 0 Å². The summed E-state index contributed by atoms with van der Waals surface area (Å²) < 4.78 is 5.72. The van der Waals surface area contributed by atoms with E-state index in [2.05, 4.69) is 18.7 Å². The predicted octanol–water partition coefficient (Wildman–Crippen LogP) is 0.931. The normalized spacial score (nSPS) is 26.1. The Balaban J connectivity index is 1.83. The molecule has 2 saturated heterocycles. The zero-order valence-corrected chi connectivity index (χ0v) is 13.6. The third-order valence-electron chi connectivity index (χ3n) is 4.76. The fourth-order valence-electron chi connectivity index (χ4n) is 3.34. The van der Waals surface area contributed by atoms with Crippen molar-refractivity contribution in [3.05, 3.63) is 0 Å². The van der Waals surface area contributed by atoms with Gasteiger partial charge in [-0.2, -0.15) is 0 Å². The van der Waals surface area contributed by atoms with Crippen molar-refractivity contribution in [2.45, 2.75) is 39.2 Å². The van der Waals surface area contributed by atoms with E-state index in [9.17, 15) is 4.79 Å². The highest BCUT2D eigenvalue weighted by Crippen LogP contribution is 2.17. The average molecular weight is 297 g/mol. The van der Waals surface area contributed by atoms with Crippen LogP contribution in [0, 0.1) is 11.8 Å². The molecule has 2 rings (SSSR count). The minimum atomic E-state index is -0.0327. The Morgan fingerprint density at radius 3 is 2.67 bits per heavy atom. The first-order valence-corrected chi connectivity index (χ1v) is 8.44. The summed E-state index contributed by atoms with van der Waals surface area (Å²) in [5.41, 5.74) is 5.78. The SMILES string of the molecule is CC(C)C(CN)C(=O)N1CCCN(CC2CCCO2)CC1. The molecule has 122 valence electrons. The summed E-state index contributed by atoms with van der Waals surface area (Å²) in [6.45, 7) is 10.3. The molecule has 5 heteroatoms. The highest BCUT2D eigenvalue weighted by atomic mass is 16.5. The number of carbonyl (C=O) groups is 1. The molecule has 0 saturated carbocycles. The molecular formula is C16H31N3O2. The zero-order chi connectivity index (χ0) is 15.2. The lowest BCUT2D eigenvalue weighted by Crippen LogP contribution is -2.43. The van der Waals surface area contributed by atoms with Crippen molar-refractivity contribution in [3.63, 3.8) is 0 Å². The molecule has 2 heterocycles. The van der Waals surface area contributed by atoms with E-state index in [4.69, 9.17) is 10.5 Å². The fourth-order valence-corrected chi connectivity index (χ4v) is 3.34. The Morgan fingerprint density at radius 2 is 2.05 bits per heavy atom. The Bertz CT molecular complexity index is 329. The van der Waals surface area contributed by atoms with Gasteiger partial charge in [-0.15, -0.1) is 0 Å². The van der Waals surface area contributed by atoms with E-state index >= 15 is 0 Å². The topological polar surface area (TPSA) is 58.8 Å². The van der Waals surface area contributed by atoms with Crippen molar-refractivity contribution in [2.75, 3.05) is 45.9 Å². The molecule has 0 aromatic heterocycles. The van der Waals surface area contributed by atoms with Gasteiger partial charge >= 0.3 is 0 Å². The van der Waals surface area contributed by atoms with E-state index in [1.54, 1.807) is 0 Å². The van der Waals surface area contributed by atoms with Crippen LogP contribution in [-0.4, -0.2) is 67.7 Å². The van der Waals surface area contributed by atoms with Crippen LogP contribution in [-0.2, 0) is 9.53 Å². The van der Waals surface area contributed by atoms with E-state index in [0.717, 1.165) is 45.8 Å². The summed E-state index contributed by atoms with van der Waals surface area (Å²) >= 11 is 0. The number of carbonyl (C=O) groups excluding carboxylic acids is 1. The fraction of sp³-hybridized carbons (Fsp3) is 0.938. The maximum absolute atomic E-state index is 12.6. The van der Waals surface area contributed by atoms with Crippen LogP contribution < -0.4 is 5.73 Å². The van der Waals surface area contributed by atoms with Gasteiger partial charge in [0.15, 0.2) is 0 Å². The number of nitrogens with zero attached hydrogens (tertiary/aromatic N) is 2. The van der Waals surface area contributed by atoms with Crippen molar-refractivity contribution in [1.82, 2.24) is 9.80 Å². The van der Waals surface area contributed by atoms with Gasteiger partial charge < -0.3 is 15.4 Å². The molecule has 0 aliphatic carbocycles. The highest BCUT2D eigenvalue weighted by molar-refractivity contribution is 5.79. The summed E-state index contributed by atoms with van der Waals surface area (Å²) in [7, 11) is 0. The van der Waals surface area contributed by atoms with Crippen LogP contribution >= 0.6 is 0 Å². The molecule has 0 radical (unpaired) electrons. The quantitative estimate of drug-likeness (QED) is 0.820. The van der Waals surface area contributed by atoms with Crippen LogP contribution in [0.1, 0.15) is 33.1 Å². The predicted molar refractivity (Wildman–Crippen MR) is 84.0 cm³/mol. The van der Waals surface area contributed by atoms with Gasteiger partial charge in [0, 0.05) is 39.3 Å². The van der Waals surface area contributed by atoms with Crippen LogP contribution in [0.5, 0.6) is 0 Å². The van der Waals surface area contributed by atoms with Crippen molar-refractivity contribution < 1.29 is 9.53 Å². The number of amides is 1. The Kier molecular flexibility index (Phi) is 6.45. The second kappa shape index (κ2) is 8.11. The number of hydrogen-bond acceptors (Lipinski definition) is 4. The molecular weight excluding hydrogens is 266 g/mol. The monoisotopic (exact) mass is 297 g/mol. The van der Waals surface area contributed by atoms with Crippen molar-refractivity contribution in [3.8, 4) is 0 Å². The number of rotatable bonds is 5. The molecule has 21 heavy (non-hydrogen) atoms. The summed E-state index contributed by atoms with van der Waals surface area (Å²) in [6, 6.07) is 0. The lowest BCUT2D eigenvalue weighted by Gasteiger charge is -2.28. The smallest absolute Gasteiger partial charge is 0.227 e. The summed E-state index contributed by atoms with van der Waals surface area (Å²) in [5, 5.41) is 0. The van der Waals surface area contributed by atoms with E-state index in [-0.39, 0.29) is 11.8 Å². The van der Waals surface area contributed by atoms with Crippen LogP contribution in [0.15, 0.2) is 0 Å². The standard InChI is InChI=1S/C16H31N3O2/c1-13(2)15(11-17)16(20)19-7-4-6-18(8-9-19)12-14-5-3-10-21-14/h13-15H,3-12,17H2,1-2H3. The molecule has 0 aromatic carbocycles. The molecule has 2 unspecified atom stereocenters. The number of nitrogens with two attached hydrogens (primary N) is 1. The van der Waals surface area contributed by atoms with Gasteiger partial charge in [-0.3, -0.25) is 9.69 Å². The highest BCUT2D eigenvalue weighted by Gasteiger charge is 2.28. The Morgan fingerprint density at radius 1 is 1.24 bits per heavy atom. The van der Waals surface area contributed by atoms with Crippen molar-refractivity contribution in [2.24, 2.45) is 17.6 Å². The summed E-state index contributed by atoms with van der Waals surface area (Å²) in [6.07, 6.45) is 3.82. The largest absolute Gasteiger partial charge is 0.377 e. The van der Waals surface area contributed by atoms with Gasteiger partial charge in [-0.25, -0.2) is 0 Å². The Hall–Kier alpha value is -0.650. The van der Waals surface area contributed by atoms with Crippen molar-refractivity contribution >= 4 is 5.91 Å². The first-order chi connectivity index (χ1) is 10.1. The molecule has 2 aliphatic heterocycles. The van der Waals surface area contributed by atoms with E-state index in [0.29, 0.717) is 18.6 Å². The minimum absolute atomic E-state index is 0.0327. The van der Waals surface area contributed by atoms with Crippen molar-refractivity contribution in [1.29, 1.82) is 0 Å². The van der Waals surface area contributed by atoms with Crippen LogP contribution in [0.3, 0.4) is 0 Å². The summed E-state index contributed by atoms with van der Waals surface area (Å²) in [5.74, 6) is 0.523. The maximum Gasteiger partial charge on any atom is 0.227 e. The van der Waals surface area contributed by atoms with Gasteiger partial charge in [0.25, 0.3) is 0 Å². The lowest BCUT2D eigenvalue weighted by molar-refractivity contribution is -0.136. The van der Waals surface area contributed by atoms with Crippen LogP contribution in [0.25, 0.3) is 0 Å². The molecule has 1 amide bonds. The number of hydrogen-bond donors (Lipinski definition) is 1. The molecule has 2 fully saturated rings. The molecule has 2 aliphatic rings. The molecule has 2 N–H and O–H groups in total. The van der Waals surface area contributed by atoms with E-state index in [1.165, 1.54) is 12.8 Å². The van der Waals surface area contributed by atoms with Gasteiger partial charge in [-0.1, -0.05) is 13.8 Å². The van der Waals surface area contributed by atoms with Crippen LogP contribution in [0.4, 0.5) is 0 Å². The second-order valence-corrected chi connectivity index (χ2v) is 6.70. The molecule has 0 spiro atoms. The third-order valence-corrected chi connectivity index (χ3v) is 4.76. The maximum atomic E-state index is 12.6. The number of ether oxygens (including phenoxy) is 1. The average Bonchev–Trinajstić information content (AvgIpc) is 2.84. The summed E-state index contributed by atoms with van der Waals surface area (Å²) in [4.78, 5) is 17.1. The van der Waals surface area contributed by atoms with E-state index in [1.807, 2.05) is 4.90 Å². The zero-order valence-electron chi connectivity index (χ0n) is 13.6. The first kappa shape index (κ1) is 16.7. The van der Waals surface area contributed by atoms with Gasteiger partial charge in [-0.05, 0) is 31.7 Å². The van der Waals surface area contributed by atoms with Gasteiger partial charge in [0.2, 0.25) is 5.91 Å². The molecule has 5 nitrogen and oxygen atoms in total. The van der Waals surface area contributed by atoms with Gasteiger partial charge in [0.05, 0.1) is 12.0 Å². The Labute approximate surface area is 128 Å². The minimum Gasteiger partial charge on any atom is -0.377 e. The third kappa shape index (κ3) is 4.66.